The number of aliphatic hydroxyl groups excluding tert-OH is 4. The summed E-state index contributed by atoms with van der Waals surface area (Å²) in [6.45, 7) is -11.6. The number of aliphatic hydroxyl groups is 4. The van der Waals surface area contributed by atoms with Crippen LogP contribution in [-0.4, -0.2) is 236 Å². The smallest absolute Gasteiger partial charge is 0.388 e. The highest BCUT2D eigenvalue weighted by molar-refractivity contribution is 7.68. The van der Waals surface area contributed by atoms with Crippen LogP contribution in [0.5, 0.6) is 0 Å². The van der Waals surface area contributed by atoms with E-state index >= 15 is 8.78 Å². The van der Waals surface area contributed by atoms with Gasteiger partial charge in [-0.1, -0.05) is 0 Å². The number of nitrogens with one attached hydrogen (secondary N) is 4. The van der Waals surface area contributed by atoms with E-state index in [0.717, 1.165) is 0 Å². The van der Waals surface area contributed by atoms with Crippen LogP contribution in [0.15, 0.2) is 63.1 Å². The number of phosphoric acid groups is 12. The molecule has 4 aliphatic heterocycles. The fourth-order valence-corrected chi connectivity index (χ4v) is 20.6. The van der Waals surface area contributed by atoms with Gasteiger partial charge in [0.05, 0.1) is 30.5 Å². The van der Waals surface area contributed by atoms with Crippen molar-refractivity contribution in [3.05, 3.63) is 130 Å². The molecule has 0 aliphatic carbocycles. The summed E-state index contributed by atoms with van der Waals surface area (Å²) in [7, 11) is -70.6. The van der Waals surface area contributed by atoms with Crippen LogP contribution in [0.25, 0.3) is 0 Å². The van der Waals surface area contributed by atoms with E-state index in [9.17, 15) is 161 Å². The second kappa shape index (κ2) is 40.4. The molecule has 0 aromatic carbocycles. The number of hydrogen-bond acceptors (Lipinski definition) is 44. The van der Waals surface area contributed by atoms with Gasteiger partial charge in [0.25, 0.3) is 22.2 Å². The SMILES string of the molecule is O=Cc1cn([C@@H]2O[C@](F)(COP(=O)(O)OP(=O)(O)OP(=O)(O)O)C[C@H]2O)c(=O)[nH]c1=O.[2H]C([2H])(OP(=O)(O)OP(=O)(O)OP(=O)(O)O)[C@]1(F)C[C@@H](O)[C@H](n2cc(C=O)c(=O)[nH]c2=O)O1.[2H]C([2H])(OP(=O)(O)OP(=O)(O)OP(=O)(O)O)[C@]1(F)C[C@@H](O)[C@]([2H])(n2cc(C=O)c(=O)[nH]c2=O)O1.[2H][C@@]1(n2cc(C=O)c(=O)[nH]c2=O)O[C@](F)(COP(=O)(O)OP(=O)(O)OP(=O)(O)O)C[C@H]1O. The molecule has 704 valence electrons. The molecule has 8 rings (SSSR count). The largest absolute Gasteiger partial charge is 0.490 e. The molecular weight excluding hydrogens is 2000 g/mol. The lowest BCUT2D eigenvalue weighted by Crippen LogP contribution is -2.37. The van der Waals surface area contributed by atoms with Crippen molar-refractivity contribution in [2.75, 3.05) is 26.3 Å². The Balaban J connectivity index is 0.000000307. The van der Waals surface area contributed by atoms with Crippen molar-refractivity contribution in [2.24, 2.45) is 0 Å². The van der Waals surface area contributed by atoms with Gasteiger partial charge >= 0.3 is 117 Å². The predicted molar refractivity (Wildman–Crippen MR) is 364 cm³/mol. The Labute approximate surface area is 680 Å². The fraction of sp³-hybridized carbons (Fsp3) is 0.500. The Hall–Kier alpha value is -5.56. The van der Waals surface area contributed by atoms with Gasteiger partial charge in [0.2, 0.25) is 23.4 Å². The monoisotopic (exact) mass is 2060 g/mol. The van der Waals surface area contributed by atoms with Gasteiger partial charge in [0.1, 0.15) is 50.7 Å². The number of aromatic nitrogens is 8. The van der Waals surface area contributed by atoms with Crippen molar-refractivity contribution in [2.45, 2.75) is 98.4 Å². The molecule has 124 heavy (non-hydrogen) atoms. The van der Waals surface area contributed by atoms with Gasteiger partial charge in [-0.15, -0.1) is 0 Å². The molecule has 20 atom stereocenters. The molecule has 4 aromatic heterocycles. The van der Waals surface area contributed by atoms with Crippen molar-refractivity contribution in [3.63, 3.8) is 0 Å². The van der Waals surface area contributed by atoms with E-state index in [2.05, 4.69) is 66.8 Å². The average molecular weight is 2060 g/mol. The minimum atomic E-state index is -6.26. The first-order valence-electron chi connectivity index (χ1n) is 32.8. The van der Waals surface area contributed by atoms with Crippen LogP contribution in [0.1, 0.15) is 100 Å². The third-order valence-electron chi connectivity index (χ3n) is 13.0. The third kappa shape index (κ3) is 33.7. The molecule has 84 heteroatoms. The molecular formula is C40H56F4N8O60P12. The number of alkyl halides is 4. The van der Waals surface area contributed by atoms with E-state index < -0.39 is 286 Å². The molecule has 4 aromatic rings. The standard InChI is InChI=1S/4C10H14FN2O15P3/c4*11-10(4-25-30(21,22)28-31(23,24)27-29(18,19)20)1-6(15)8(26-10)13-2-5(3-14)7(16)12-9(13)17/h4*2-3,6,8,15H,1,4H2,(H,21,22)(H,23,24)(H,12,16,17)(H2,18,19,20)/t4*6-,8-,10+/m1111/s1/i4D2,8D;8D;4D2;. The molecule has 0 bridgehead atoms. The van der Waals surface area contributed by atoms with E-state index in [0.29, 0.717) is 33.9 Å². The number of H-pyrrole nitrogens is 4. The van der Waals surface area contributed by atoms with Gasteiger partial charge in [0, 0.05) is 50.5 Å². The van der Waals surface area contributed by atoms with Gasteiger partial charge in [-0.25, -0.2) is 91.5 Å². The summed E-state index contributed by atoms with van der Waals surface area (Å²) in [5, 5.41) is 40.1. The van der Waals surface area contributed by atoms with Crippen molar-refractivity contribution >= 4 is 119 Å². The molecule has 4 aliphatic rings. The molecule has 4 saturated heterocycles. The number of phosphoric ester groups is 4. The third-order valence-corrected chi connectivity index (χ3v) is 27.9. The average Bonchev–Trinajstić information content (AvgIpc) is 1.58. The van der Waals surface area contributed by atoms with E-state index in [1.165, 1.54) is 0 Å². The Kier molecular flexibility index (Phi) is 32.3. The molecule has 8 unspecified atom stereocenters. The van der Waals surface area contributed by atoms with Crippen LogP contribution in [0, 0.1) is 0 Å². The molecule has 8 heterocycles. The van der Waals surface area contributed by atoms with E-state index in [1.807, 2.05) is 0 Å². The topological polar surface area (TPSA) is 1040 Å². The maximum absolute atomic E-state index is 15.3. The number of halogens is 4. The maximum atomic E-state index is 15.3. The molecule has 0 amide bonds. The molecule has 24 N–H and O–H groups in total. The summed E-state index contributed by atoms with van der Waals surface area (Å²) < 4.78 is 303. The highest BCUT2D eigenvalue weighted by Gasteiger charge is 2.56. The van der Waals surface area contributed by atoms with Gasteiger partial charge in [-0.2, -0.15) is 34.5 Å². The summed E-state index contributed by atoms with van der Waals surface area (Å²) >= 11 is 0. The summed E-state index contributed by atoms with van der Waals surface area (Å²) in [4.78, 5) is 285. The zero-order chi connectivity index (χ0) is 101. The summed E-state index contributed by atoms with van der Waals surface area (Å²) in [5.41, 5.74) is -12.8. The van der Waals surface area contributed by atoms with Gasteiger partial charge in [-0.3, -0.25) is 94.7 Å². The van der Waals surface area contributed by atoms with Crippen LogP contribution in [0.2, 0.25) is 0 Å². The first-order valence-corrected chi connectivity index (χ1v) is 47.9. The van der Waals surface area contributed by atoms with Gasteiger partial charge in [0.15, 0.2) is 50.0 Å². The predicted octanol–water partition coefficient (Wildman–Crippen LogP) is -5.45. The Morgan fingerprint density at radius 2 is 0.556 bits per heavy atom. The van der Waals surface area contributed by atoms with Crippen LogP contribution < -0.4 is 45.0 Å². The molecule has 68 nitrogen and oxygen atoms in total. The number of aromatic amines is 4. The minimum absolute atomic E-state index is 0.00651. The number of hydrogen-bond donors (Lipinski definition) is 24. The molecule has 4 fully saturated rings. The lowest BCUT2D eigenvalue weighted by molar-refractivity contribution is -0.178. The summed E-state index contributed by atoms with van der Waals surface area (Å²) in [5.74, 6) is -14.4. The van der Waals surface area contributed by atoms with Crippen molar-refractivity contribution < 1.29 is 270 Å². The Bertz CT molecular complexity index is 6180. The quantitative estimate of drug-likeness (QED) is 0.0115. The second-order valence-electron chi connectivity index (χ2n) is 22.8. The zero-order valence-electron chi connectivity index (χ0n) is 64.3. The number of ether oxygens (including phenoxy) is 4. The Morgan fingerprint density at radius 1 is 0.347 bits per heavy atom. The lowest BCUT2D eigenvalue weighted by Gasteiger charge is -2.22. The van der Waals surface area contributed by atoms with E-state index in [1.54, 1.807) is 19.9 Å². The highest BCUT2D eigenvalue weighted by atomic mass is 31.3. The molecule has 0 radical (unpaired) electrons. The number of carbonyl (C=O) groups excluding carboxylic acids is 4. The maximum Gasteiger partial charge on any atom is 0.490 e. The Morgan fingerprint density at radius 3 is 0.831 bits per heavy atom. The van der Waals surface area contributed by atoms with E-state index in [4.69, 9.17) is 71.7 Å². The van der Waals surface area contributed by atoms with Gasteiger partial charge in [-0.05, 0) is 0 Å². The first-order chi connectivity index (χ1) is 58.0. The molecule has 0 spiro atoms. The van der Waals surface area contributed by atoms with Crippen LogP contribution in [-0.2, 0) is 126 Å². The summed E-state index contributed by atoms with van der Waals surface area (Å²) in [6.07, 6.45) is -22.0. The second-order valence-corrected chi connectivity index (χ2v) is 40.3. The first kappa shape index (κ1) is 99.0. The fourth-order valence-electron chi connectivity index (χ4n) is 8.76. The number of nitrogens with zero attached hydrogens (tertiary/aromatic N) is 4. The van der Waals surface area contributed by atoms with Gasteiger partial charge < -0.3 is 118 Å². The normalized spacial score (nSPS) is 30.2. The number of aldehydes is 4. The number of rotatable bonds is 36. The van der Waals surface area contributed by atoms with Crippen LogP contribution in [0.3, 0.4) is 0 Å². The van der Waals surface area contributed by atoms with Crippen LogP contribution in [0.4, 0.5) is 17.6 Å². The molecule has 0 saturated carbocycles. The van der Waals surface area contributed by atoms with Crippen molar-refractivity contribution in [3.8, 4) is 0 Å². The lowest BCUT2D eigenvalue weighted by atomic mass is 10.2. The highest BCUT2D eigenvalue weighted by Crippen LogP contribution is 2.70. The van der Waals surface area contributed by atoms with Crippen LogP contribution >= 0.6 is 93.9 Å². The minimum Gasteiger partial charge on any atom is -0.388 e. The zero-order valence-corrected chi connectivity index (χ0v) is 69.0. The number of carbonyl (C=O) groups is 4. The van der Waals surface area contributed by atoms with Crippen molar-refractivity contribution in [1.29, 1.82) is 0 Å². The van der Waals surface area contributed by atoms with Crippen molar-refractivity contribution in [1.82, 2.24) is 38.2 Å². The van der Waals surface area contributed by atoms with E-state index in [-0.39, 0.29) is 34.3 Å². The summed E-state index contributed by atoms with van der Waals surface area (Å²) in [6, 6.07) is 0.